The maximum atomic E-state index is 13.2. The van der Waals surface area contributed by atoms with Crippen LogP contribution < -0.4 is 0 Å². The van der Waals surface area contributed by atoms with Crippen molar-refractivity contribution in [3.8, 4) is 0 Å². The monoisotopic (exact) mass is 1130 g/mol. The van der Waals surface area contributed by atoms with Crippen molar-refractivity contribution in [2.75, 3.05) is 11.5 Å². The molecule has 0 bridgehead atoms. The summed E-state index contributed by atoms with van der Waals surface area (Å²) < 4.78 is 16.1. The summed E-state index contributed by atoms with van der Waals surface area (Å²) >= 11 is 12.9. The molecule has 16 atom stereocenters. The molecule has 1 aromatic heterocycles. The van der Waals surface area contributed by atoms with E-state index in [4.69, 9.17) is 21.7 Å². The Morgan fingerprint density at radius 1 is 0.553 bits per heavy atom. The molecule has 0 aromatic carbocycles. The van der Waals surface area contributed by atoms with Crippen LogP contribution in [0.1, 0.15) is 249 Å². The molecule has 9 rings (SSSR count). The summed E-state index contributed by atoms with van der Waals surface area (Å²) in [7, 11) is 0. The Labute approximate surface area is 486 Å². The van der Waals surface area contributed by atoms with Crippen molar-refractivity contribution >= 4 is 70.4 Å². The number of hydrogen-bond acceptors (Lipinski definition) is 9. The second kappa shape index (κ2) is 25.9. The average molecular weight is 1140 g/mol. The number of esters is 2. The van der Waals surface area contributed by atoms with Crippen molar-refractivity contribution < 1.29 is 19.1 Å². The van der Waals surface area contributed by atoms with Crippen LogP contribution in [0.3, 0.4) is 0 Å². The zero-order valence-electron chi connectivity index (χ0n) is 49.6. The van der Waals surface area contributed by atoms with E-state index in [1.54, 1.807) is 33.8 Å². The molecule has 4 nitrogen and oxygen atoms in total. The Bertz CT molecular complexity index is 2090. The van der Waals surface area contributed by atoms with Gasteiger partial charge in [0.25, 0.3) is 0 Å². The van der Waals surface area contributed by atoms with E-state index >= 15 is 0 Å². The van der Waals surface area contributed by atoms with Crippen LogP contribution in [0.15, 0.2) is 31.7 Å². The molecule has 0 spiro atoms. The summed E-state index contributed by atoms with van der Waals surface area (Å²) in [6, 6.07) is 0. The zero-order chi connectivity index (χ0) is 54.0. The first kappa shape index (κ1) is 60.0. The third-order valence-corrected chi connectivity index (χ3v) is 29.4. The van der Waals surface area contributed by atoms with Crippen LogP contribution >= 0.6 is 58.4 Å². The molecule has 428 valence electrons. The molecule has 8 aliphatic carbocycles. The van der Waals surface area contributed by atoms with E-state index in [1.807, 2.05) is 23.5 Å². The molecule has 6 fully saturated rings. The minimum Gasteiger partial charge on any atom is -0.462 e. The lowest BCUT2D eigenvalue weighted by Crippen LogP contribution is -2.51. The average Bonchev–Trinajstić information content (AvgIpc) is 4.22. The molecule has 8 aliphatic rings. The Hall–Kier alpha value is -0.610. The second-order valence-corrected chi connectivity index (χ2v) is 34.9. The fraction of sp³-hybridized carbons (Fsp3) is 0.866. The van der Waals surface area contributed by atoms with Gasteiger partial charge in [0, 0.05) is 25.7 Å². The maximum Gasteiger partial charge on any atom is 0.306 e. The molecule has 0 radical (unpaired) electrons. The van der Waals surface area contributed by atoms with Crippen molar-refractivity contribution in [1.82, 2.24) is 0 Å². The van der Waals surface area contributed by atoms with E-state index in [0.29, 0.717) is 23.7 Å². The molecular weight excluding hydrogens is 1030 g/mol. The number of ether oxygens (including phenoxy) is 2. The Kier molecular flexibility index (Phi) is 20.4. The van der Waals surface area contributed by atoms with Crippen molar-refractivity contribution in [3.05, 3.63) is 26.4 Å². The first-order valence-corrected chi connectivity index (χ1v) is 36.0. The lowest BCUT2D eigenvalue weighted by Gasteiger charge is -2.58. The normalized spacial score (nSPS) is 37.5. The SMILES string of the molecule is CC(C)CCC[C@@H](C)[C@H]1CC[C@H]2[C@@H]3CC=C4CC(OC(=O)CCCCSc5sc(=S)sc5SCCCCC(=O)OC5CC[C@@]6(C)C(=CC[C@H]7[C@@H]8CC[C@H]([C@H](C)CCCC(C)C)[C@@]8(C)CC[C@@H]76)C5)CC[C@]4(C)[C@H]3CC[C@]12C. The lowest BCUT2D eigenvalue weighted by molar-refractivity contribution is -0.152. The number of hydrogen-bond donors (Lipinski definition) is 0. The minimum atomic E-state index is -0.00482. The zero-order valence-corrected chi connectivity index (χ0v) is 53.7. The van der Waals surface area contributed by atoms with Crippen LogP contribution in [0.5, 0.6) is 0 Å². The fourth-order valence-corrected chi connectivity index (χ4v) is 25.8. The molecule has 9 heteroatoms. The predicted octanol–water partition coefficient (Wildman–Crippen LogP) is 21.0. The smallest absolute Gasteiger partial charge is 0.306 e. The number of allylic oxidation sites excluding steroid dienone is 2. The van der Waals surface area contributed by atoms with Gasteiger partial charge in [-0.1, -0.05) is 143 Å². The molecule has 0 aliphatic heterocycles. The van der Waals surface area contributed by atoms with E-state index < -0.39 is 0 Å². The van der Waals surface area contributed by atoms with Gasteiger partial charge in [0.05, 0.1) is 8.42 Å². The molecule has 76 heavy (non-hydrogen) atoms. The van der Waals surface area contributed by atoms with Gasteiger partial charge in [-0.05, 0) is 220 Å². The predicted molar refractivity (Wildman–Crippen MR) is 328 cm³/mol. The van der Waals surface area contributed by atoms with Gasteiger partial charge < -0.3 is 9.47 Å². The highest BCUT2D eigenvalue weighted by Gasteiger charge is 2.61. The summed E-state index contributed by atoms with van der Waals surface area (Å²) in [5.74, 6) is 12.1. The molecule has 0 N–H and O–H groups in total. The number of carbonyl (C=O) groups excluding carboxylic acids is 2. The van der Waals surface area contributed by atoms with Gasteiger partial charge >= 0.3 is 11.9 Å². The van der Waals surface area contributed by atoms with Crippen LogP contribution in [-0.4, -0.2) is 35.7 Å². The quantitative estimate of drug-likeness (QED) is 0.0336. The largest absolute Gasteiger partial charge is 0.462 e. The highest BCUT2D eigenvalue weighted by Crippen LogP contribution is 2.69. The summed E-state index contributed by atoms with van der Waals surface area (Å²) in [4.78, 5) is 26.5. The van der Waals surface area contributed by atoms with E-state index in [-0.39, 0.29) is 35.0 Å². The van der Waals surface area contributed by atoms with Crippen LogP contribution in [0.4, 0.5) is 0 Å². The van der Waals surface area contributed by atoms with Crippen LogP contribution in [0.25, 0.3) is 0 Å². The van der Waals surface area contributed by atoms with Gasteiger partial charge in [-0.3, -0.25) is 9.59 Å². The van der Waals surface area contributed by atoms with Crippen LogP contribution in [-0.2, 0) is 19.1 Å². The summed E-state index contributed by atoms with van der Waals surface area (Å²) in [5.41, 5.74) is 4.83. The highest BCUT2D eigenvalue weighted by atomic mass is 32.2. The van der Waals surface area contributed by atoms with Crippen LogP contribution in [0, 0.1) is 95.8 Å². The third-order valence-electron chi connectivity index (χ3n) is 23.7. The summed E-state index contributed by atoms with van der Waals surface area (Å²) in [6.45, 7) is 25.3. The van der Waals surface area contributed by atoms with Gasteiger partial charge in [0.1, 0.15) is 15.3 Å². The second-order valence-electron chi connectivity index (χ2n) is 28.9. The Balaban J connectivity index is 0.643. The fourth-order valence-electron chi connectivity index (χ4n) is 19.5. The molecule has 2 unspecified atom stereocenters. The van der Waals surface area contributed by atoms with Gasteiger partial charge in [0.2, 0.25) is 0 Å². The molecule has 0 amide bonds. The summed E-state index contributed by atoms with van der Waals surface area (Å²) in [6.07, 6.45) is 38.6. The van der Waals surface area contributed by atoms with Gasteiger partial charge in [-0.25, -0.2) is 0 Å². The van der Waals surface area contributed by atoms with Gasteiger partial charge in [0.15, 0.2) is 0 Å². The number of thioether (sulfide) groups is 2. The number of rotatable bonds is 24. The van der Waals surface area contributed by atoms with Gasteiger partial charge in [-0.2, -0.15) is 0 Å². The summed E-state index contributed by atoms with van der Waals surface area (Å²) in [5, 5.41) is 0. The van der Waals surface area contributed by atoms with Gasteiger partial charge in [-0.15, -0.1) is 46.2 Å². The minimum absolute atomic E-state index is 0.00482. The van der Waals surface area contributed by atoms with Crippen molar-refractivity contribution in [3.63, 3.8) is 0 Å². The number of carbonyl (C=O) groups is 2. The number of unbranched alkanes of at least 4 members (excludes halogenated alkanes) is 2. The first-order chi connectivity index (χ1) is 36.3. The lowest BCUT2D eigenvalue weighted by atomic mass is 9.47. The Morgan fingerprint density at radius 3 is 1.38 bits per heavy atom. The molecule has 1 heterocycles. The molecule has 0 saturated heterocycles. The highest BCUT2D eigenvalue weighted by molar-refractivity contribution is 8.05. The van der Waals surface area contributed by atoms with Crippen molar-refractivity contribution in [2.45, 2.75) is 270 Å². The van der Waals surface area contributed by atoms with Crippen molar-refractivity contribution in [1.29, 1.82) is 0 Å². The molecule has 1 aromatic rings. The molecular formula is C67H106O4S5. The standard InChI is InChI=1S/C67H106O4S5/c1-43(2)17-15-19-45(5)53-27-29-55-51-25-23-47-41-49(31-35-64(47,7)57(51)33-37-66(53,55)9)70-59(68)21-11-13-39-73-61-62(76-63(72)75-61)74-40-14-12-22-60(69)71-50-32-36-65(8)48(42-50)24-26-52-56-30-28-54(46(6)20-16-18-44(3)4)67(56,10)38-34-58(52)65/h23-24,43-46,49-58H,11-22,25-42H2,1-10H3/t45-,46-,49?,50?,51+,52+,53-,54-,55+,56+,57+,58+,64+,65+,66-,67-/m1/s1. The van der Waals surface area contributed by atoms with Crippen LogP contribution in [0.2, 0.25) is 0 Å². The first-order valence-electron chi connectivity index (χ1n) is 32.0. The topological polar surface area (TPSA) is 52.6 Å². The van der Waals surface area contributed by atoms with E-state index in [9.17, 15) is 9.59 Å². The number of fused-ring (bicyclic) bond motifs is 10. The molecule has 6 saturated carbocycles. The maximum absolute atomic E-state index is 13.2. The Morgan fingerprint density at radius 2 is 0.974 bits per heavy atom. The van der Waals surface area contributed by atoms with Crippen molar-refractivity contribution in [2.24, 2.45) is 92.7 Å². The van der Waals surface area contributed by atoms with E-state index in [2.05, 4.69) is 81.4 Å². The van der Waals surface area contributed by atoms with E-state index in [1.165, 1.54) is 124 Å². The third kappa shape index (κ3) is 13.1. The van der Waals surface area contributed by atoms with E-state index in [0.717, 1.165) is 137 Å².